The number of fused-ring (bicyclic) bond motifs is 1. The molecular weight excluding hydrogens is 262 g/mol. The molecule has 4 heteroatoms. The van der Waals surface area contributed by atoms with Crippen LogP contribution in [-0.4, -0.2) is 29.5 Å². The molecule has 114 valence electrons. The molecule has 21 heavy (non-hydrogen) atoms. The van der Waals surface area contributed by atoms with Crippen LogP contribution < -0.4 is 10.7 Å². The van der Waals surface area contributed by atoms with Crippen LogP contribution in [0, 0.1) is 0 Å². The average Bonchev–Trinajstić information content (AvgIpc) is 2.50. The molecule has 1 aromatic rings. The summed E-state index contributed by atoms with van der Waals surface area (Å²) in [7, 11) is 0. The van der Waals surface area contributed by atoms with E-state index in [1.54, 1.807) is 0 Å². The zero-order valence-corrected chi connectivity index (χ0v) is 12.9. The van der Waals surface area contributed by atoms with Gasteiger partial charge in [0.15, 0.2) is 0 Å². The third-order valence-electron chi connectivity index (χ3n) is 4.84. The molecule has 3 unspecified atom stereocenters. The Labute approximate surface area is 126 Å². The second-order valence-electron chi connectivity index (χ2n) is 6.39. The number of hydrogen-bond acceptors (Lipinski definition) is 3. The standard InChI is InChI=1S/C17H25N3O/c1-12-6-5-7-13(2)20(12)19-17(21)16-11-18-10-14-8-3-4-9-15(14)16/h3-4,8-9,12-13,16,18H,5-7,10-11H2,1-2H3,(H,19,21). The molecule has 1 aromatic carbocycles. The zero-order valence-electron chi connectivity index (χ0n) is 12.9. The molecule has 2 N–H and O–H groups in total. The molecule has 1 fully saturated rings. The smallest absolute Gasteiger partial charge is 0.243 e. The van der Waals surface area contributed by atoms with Crippen molar-refractivity contribution in [1.29, 1.82) is 0 Å². The van der Waals surface area contributed by atoms with Crippen LogP contribution >= 0.6 is 0 Å². The molecule has 1 amide bonds. The van der Waals surface area contributed by atoms with E-state index in [-0.39, 0.29) is 11.8 Å². The number of hydrazine groups is 1. The number of rotatable bonds is 2. The van der Waals surface area contributed by atoms with E-state index in [9.17, 15) is 4.79 Å². The van der Waals surface area contributed by atoms with E-state index in [0.717, 1.165) is 25.9 Å². The van der Waals surface area contributed by atoms with Gasteiger partial charge in [0.05, 0.1) is 5.92 Å². The zero-order chi connectivity index (χ0) is 14.8. The SMILES string of the molecule is CC1CCCC(C)N1NC(=O)C1CNCc2ccccc21. The normalized spacial score (nSPS) is 29.7. The minimum Gasteiger partial charge on any atom is -0.312 e. The van der Waals surface area contributed by atoms with Crippen LogP contribution in [0.15, 0.2) is 24.3 Å². The maximum Gasteiger partial charge on any atom is 0.243 e. The van der Waals surface area contributed by atoms with Gasteiger partial charge in [-0.3, -0.25) is 10.2 Å². The third kappa shape index (κ3) is 2.97. The summed E-state index contributed by atoms with van der Waals surface area (Å²) >= 11 is 0. The number of piperidine rings is 1. The third-order valence-corrected chi connectivity index (χ3v) is 4.84. The molecule has 2 aliphatic rings. The summed E-state index contributed by atoms with van der Waals surface area (Å²) < 4.78 is 0. The van der Waals surface area contributed by atoms with Gasteiger partial charge >= 0.3 is 0 Å². The van der Waals surface area contributed by atoms with Gasteiger partial charge in [0.25, 0.3) is 0 Å². The van der Waals surface area contributed by atoms with Crippen LogP contribution in [0.1, 0.15) is 50.2 Å². The molecule has 0 spiro atoms. The maximum atomic E-state index is 12.7. The molecule has 2 heterocycles. The van der Waals surface area contributed by atoms with Gasteiger partial charge in [-0.25, -0.2) is 5.01 Å². The molecule has 3 rings (SSSR count). The Morgan fingerprint density at radius 2 is 1.95 bits per heavy atom. The Morgan fingerprint density at radius 3 is 2.71 bits per heavy atom. The highest BCUT2D eigenvalue weighted by Gasteiger charge is 2.31. The summed E-state index contributed by atoms with van der Waals surface area (Å²) in [5.74, 6) is 0.0338. The van der Waals surface area contributed by atoms with Crippen molar-refractivity contribution >= 4 is 5.91 Å². The van der Waals surface area contributed by atoms with E-state index >= 15 is 0 Å². The Morgan fingerprint density at radius 1 is 1.24 bits per heavy atom. The number of carbonyl (C=O) groups is 1. The fourth-order valence-electron chi connectivity index (χ4n) is 3.58. The Balaban J connectivity index is 1.74. The molecule has 0 aliphatic carbocycles. The fraction of sp³-hybridized carbons (Fsp3) is 0.588. The number of nitrogens with zero attached hydrogens (tertiary/aromatic N) is 1. The summed E-state index contributed by atoms with van der Waals surface area (Å²) in [5, 5.41) is 5.51. The van der Waals surface area contributed by atoms with Gasteiger partial charge in [0.2, 0.25) is 5.91 Å². The van der Waals surface area contributed by atoms with Crippen molar-refractivity contribution in [2.24, 2.45) is 0 Å². The Bertz CT molecular complexity index is 507. The molecule has 2 aliphatic heterocycles. The summed E-state index contributed by atoms with van der Waals surface area (Å²) in [6, 6.07) is 9.10. The van der Waals surface area contributed by atoms with E-state index in [4.69, 9.17) is 0 Å². The van der Waals surface area contributed by atoms with Crippen LogP contribution in [0.2, 0.25) is 0 Å². The summed E-state index contributed by atoms with van der Waals surface area (Å²) in [4.78, 5) is 12.7. The van der Waals surface area contributed by atoms with E-state index in [1.165, 1.54) is 17.5 Å². The predicted molar refractivity (Wildman–Crippen MR) is 83.6 cm³/mol. The van der Waals surface area contributed by atoms with Gasteiger partial charge in [-0.15, -0.1) is 0 Å². The molecule has 0 saturated carbocycles. The second kappa shape index (κ2) is 6.16. The van der Waals surface area contributed by atoms with Crippen molar-refractivity contribution in [1.82, 2.24) is 15.8 Å². The van der Waals surface area contributed by atoms with Crippen molar-refractivity contribution in [3.05, 3.63) is 35.4 Å². The van der Waals surface area contributed by atoms with Gasteiger partial charge in [0.1, 0.15) is 0 Å². The first-order valence-electron chi connectivity index (χ1n) is 8.04. The lowest BCUT2D eigenvalue weighted by Gasteiger charge is -2.40. The van der Waals surface area contributed by atoms with Crippen LogP contribution in [-0.2, 0) is 11.3 Å². The highest BCUT2D eigenvalue weighted by atomic mass is 16.2. The quantitative estimate of drug-likeness (QED) is 0.876. The van der Waals surface area contributed by atoms with Crippen molar-refractivity contribution in [3.63, 3.8) is 0 Å². The number of amides is 1. The van der Waals surface area contributed by atoms with Gasteiger partial charge in [-0.05, 0) is 37.8 Å². The number of nitrogens with one attached hydrogen (secondary N) is 2. The molecule has 4 nitrogen and oxygen atoms in total. The largest absolute Gasteiger partial charge is 0.312 e. The molecular formula is C17H25N3O. The first-order valence-corrected chi connectivity index (χ1v) is 8.04. The molecule has 0 radical (unpaired) electrons. The van der Waals surface area contributed by atoms with E-state index in [2.05, 4.69) is 41.7 Å². The van der Waals surface area contributed by atoms with Crippen LogP contribution in [0.4, 0.5) is 0 Å². The molecule has 0 aromatic heterocycles. The average molecular weight is 287 g/mol. The molecule has 3 atom stereocenters. The number of carbonyl (C=O) groups excluding carboxylic acids is 1. The molecule has 1 saturated heterocycles. The highest BCUT2D eigenvalue weighted by molar-refractivity contribution is 5.84. The topological polar surface area (TPSA) is 44.4 Å². The van der Waals surface area contributed by atoms with Crippen molar-refractivity contribution in [2.75, 3.05) is 6.54 Å². The second-order valence-corrected chi connectivity index (χ2v) is 6.39. The molecule has 0 bridgehead atoms. The van der Waals surface area contributed by atoms with Gasteiger partial charge in [-0.2, -0.15) is 0 Å². The van der Waals surface area contributed by atoms with Gasteiger partial charge in [0, 0.05) is 25.2 Å². The maximum absolute atomic E-state index is 12.7. The van der Waals surface area contributed by atoms with Gasteiger partial charge in [-0.1, -0.05) is 30.7 Å². The van der Waals surface area contributed by atoms with Crippen molar-refractivity contribution < 1.29 is 4.79 Å². The summed E-state index contributed by atoms with van der Waals surface area (Å²) in [6.45, 7) is 5.97. The van der Waals surface area contributed by atoms with Crippen LogP contribution in [0.25, 0.3) is 0 Å². The Kier molecular flexibility index (Phi) is 4.27. The predicted octanol–water partition coefficient (Wildman–Crippen LogP) is 2.17. The first kappa shape index (κ1) is 14.5. The van der Waals surface area contributed by atoms with Crippen molar-refractivity contribution in [2.45, 2.75) is 57.7 Å². The monoisotopic (exact) mass is 287 g/mol. The van der Waals surface area contributed by atoms with Crippen LogP contribution in [0.3, 0.4) is 0 Å². The van der Waals surface area contributed by atoms with Gasteiger partial charge < -0.3 is 5.32 Å². The minimum absolute atomic E-state index is 0.0868. The number of benzene rings is 1. The minimum atomic E-state index is -0.0868. The fourth-order valence-corrected chi connectivity index (χ4v) is 3.58. The summed E-state index contributed by atoms with van der Waals surface area (Å²) in [6.07, 6.45) is 3.57. The number of hydrogen-bond donors (Lipinski definition) is 2. The van der Waals surface area contributed by atoms with E-state index in [1.807, 2.05) is 12.1 Å². The first-order chi connectivity index (χ1) is 10.2. The van der Waals surface area contributed by atoms with Crippen molar-refractivity contribution in [3.8, 4) is 0 Å². The van der Waals surface area contributed by atoms with E-state index < -0.39 is 0 Å². The lowest BCUT2D eigenvalue weighted by Crippen LogP contribution is -2.56. The highest BCUT2D eigenvalue weighted by Crippen LogP contribution is 2.25. The summed E-state index contributed by atoms with van der Waals surface area (Å²) in [5.41, 5.74) is 5.60. The lowest BCUT2D eigenvalue weighted by atomic mass is 9.90. The lowest BCUT2D eigenvalue weighted by molar-refractivity contribution is -0.130. The van der Waals surface area contributed by atoms with Crippen LogP contribution in [0.5, 0.6) is 0 Å². The van der Waals surface area contributed by atoms with E-state index in [0.29, 0.717) is 12.1 Å². The Hall–Kier alpha value is -1.39.